The molecule has 0 radical (unpaired) electrons. The summed E-state index contributed by atoms with van der Waals surface area (Å²) in [5.74, 6) is -1.52. The molecule has 4 rings (SSSR count). The number of pyridine rings is 1. The molecule has 0 aliphatic heterocycles. The van der Waals surface area contributed by atoms with Crippen LogP contribution in [0.4, 0.5) is 10.6 Å². The number of nitrogens with zero attached hydrogens (tertiary/aromatic N) is 2. The van der Waals surface area contributed by atoms with Crippen molar-refractivity contribution in [2.75, 3.05) is 5.32 Å². The van der Waals surface area contributed by atoms with Crippen LogP contribution in [0.1, 0.15) is 43.2 Å². The fraction of sp³-hybridized carbons (Fsp3) is 0.161. The van der Waals surface area contributed by atoms with Crippen LogP contribution in [-0.4, -0.2) is 28.4 Å². The number of carboxylic acids is 1. The minimum Gasteiger partial charge on any atom is -0.543 e. The van der Waals surface area contributed by atoms with Gasteiger partial charge in [-0.1, -0.05) is 102 Å². The Kier molecular flexibility index (Phi) is 10.2. The van der Waals surface area contributed by atoms with E-state index in [2.05, 4.69) is 15.5 Å². The van der Waals surface area contributed by atoms with Gasteiger partial charge < -0.3 is 19.5 Å². The number of carboxylic acid groups (broad SMARTS) is 1. The van der Waals surface area contributed by atoms with E-state index in [9.17, 15) is 14.7 Å². The van der Waals surface area contributed by atoms with Gasteiger partial charge in [0.25, 0.3) is 0 Å². The first-order valence-corrected chi connectivity index (χ1v) is 12.3. The number of anilines is 1. The van der Waals surface area contributed by atoms with E-state index in [0.717, 1.165) is 16.7 Å². The number of carbonyl (C=O) groups excluding carboxylic acids is 2. The van der Waals surface area contributed by atoms with Crippen molar-refractivity contribution in [3.8, 4) is 0 Å². The minimum absolute atomic E-state index is 0. The maximum Gasteiger partial charge on any atom is 1.00 e. The van der Waals surface area contributed by atoms with E-state index < -0.39 is 29.0 Å². The van der Waals surface area contributed by atoms with Crippen LogP contribution in [-0.2, 0) is 20.0 Å². The Labute approximate surface area is 255 Å². The molecule has 9 heteroatoms. The number of benzene rings is 3. The number of aliphatic carboxylic acids is 1. The SMILES string of the molecule is CC(C)(C)OC(=O)Nc1cccc(C(=NOC(c2ccccc2)(c2ccccc2)c2ccccc2)C(=O)[O-])n1.[Na+]. The van der Waals surface area contributed by atoms with Gasteiger partial charge >= 0.3 is 35.7 Å². The van der Waals surface area contributed by atoms with E-state index in [1.165, 1.54) is 18.2 Å². The second-order valence-electron chi connectivity index (χ2n) is 9.63. The summed E-state index contributed by atoms with van der Waals surface area (Å²) in [4.78, 5) is 35.0. The molecule has 1 aromatic heterocycles. The predicted molar refractivity (Wildman–Crippen MR) is 146 cm³/mol. The quantitative estimate of drug-likeness (QED) is 0.157. The van der Waals surface area contributed by atoms with E-state index in [1.807, 2.05) is 91.0 Å². The van der Waals surface area contributed by atoms with Crippen molar-refractivity contribution in [2.45, 2.75) is 32.0 Å². The smallest absolute Gasteiger partial charge is 0.543 e. The summed E-state index contributed by atoms with van der Waals surface area (Å²) < 4.78 is 5.25. The number of oxime groups is 1. The monoisotopic (exact) mass is 545 g/mol. The Balaban J connectivity index is 0.00000441. The largest absolute Gasteiger partial charge is 1.00 e. The van der Waals surface area contributed by atoms with Crippen LogP contribution in [0.2, 0.25) is 0 Å². The molecule has 0 unspecified atom stereocenters. The second kappa shape index (κ2) is 13.4. The molecule has 3 aromatic carbocycles. The Bertz CT molecular complexity index is 1360. The van der Waals surface area contributed by atoms with Crippen LogP contribution in [0.15, 0.2) is 114 Å². The van der Waals surface area contributed by atoms with Gasteiger partial charge in [0.05, 0.1) is 11.7 Å². The van der Waals surface area contributed by atoms with Crippen LogP contribution < -0.4 is 40.0 Å². The molecule has 0 aliphatic rings. The summed E-state index contributed by atoms with van der Waals surface area (Å²) in [6.45, 7) is 5.19. The molecule has 0 aliphatic carbocycles. The number of hydrogen-bond donors (Lipinski definition) is 1. The average molecular weight is 546 g/mol. The maximum atomic E-state index is 12.3. The van der Waals surface area contributed by atoms with Gasteiger partial charge in [-0.15, -0.1) is 0 Å². The Morgan fingerprint density at radius 2 is 1.23 bits per heavy atom. The van der Waals surface area contributed by atoms with E-state index in [-0.39, 0.29) is 41.1 Å². The van der Waals surface area contributed by atoms with E-state index >= 15 is 0 Å². The fourth-order valence-electron chi connectivity index (χ4n) is 4.02. The zero-order chi connectivity index (χ0) is 27.9. The van der Waals surface area contributed by atoms with Crippen molar-refractivity contribution in [3.63, 3.8) is 0 Å². The zero-order valence-electron chi connectivity index (χ0n) is 22.8. The van der Waals surface area contributed by atoms with E-state index in [0.29, 0.717) is 0 Å². The Morgan fingerprint density at radius 3 is 1.65 bits per heavy atom. The van der Waals surface area contributed by atoms with Crippen molar-refractivity contribution in [1.82, 2.24) is 4.98 Å². The molecular formula is C31H28N3NaO5. The van der Waals surface area contributed by atoms with Gasteiger partial charge in [-0.2, -0.15) is 0 Å². The van der Waals surface area contributed by atoms with Crippen molar-refractivity contribution in [2.24, 2.45) is 5.16 Å². The van der Waals surface area contributed by atoms with E-state index in [4.69, 9.17) is 9.57 Å². The molecule has 0 spiro atoms. The summed E-state index contributed by atoms with van der Waals surface area (Å²) in [5.41, 5.74) is -0.423. The molecule has 8 nitrogen and oxygen atoms in total. The molecule has 198 valence electrons. The molecule has 0 bridgehead atoms. The fourth-order valence-corrected chi connectivity index (χ4v) is 4.02. The van der Waals surface area contributed by atoms with Crippen LogP contribution >= 0.6 is 0 Å². The number of ether oxygens (including phenoxy) is 1. The van der Waals surface area contributed by atoms with Gasteiger partial charge in [-0.3, -0.25) is 5.32 Å². The number of carbonyl (C=O) groups is 2. The van der Waals surface area contributed by atoms with Gasteiger partial charge in [0.15, 0.2) is 5.71 Å². The van der Waals surface area contributed by atoms with Gasteiger partial charge in [-0.05, 0) is 32.9 Å². The van der Waals surface area contributed by atoms with Gasteiger partial charge in [-0.25, -0.2) is 9.78 Å². The minimum atomic E-state index is -1.60. The molecule has 0 saturated carbocycles. The average Bonchev–Trinajstić information content (AvgIpc) is 2.91. The maximum absolute atomic E-state index is 12.3. The molecule has 1 heterocycles. The summed E-state index contributed by atoms with van der Waals surface area (Å²) in [5, 5.41) is 18.9. The zero-order valence-corrected chi connectivity index (χ0v) is 24.8. The number of amides is 1. The predicted octanol–water partition coefficient (Wildman–Crippen LogP) is 1.90. The number of nitrogens with one attached hydrogen (secondary N) is 1. The number of aromatic nitrogens is 1. The van der Waals surface area contributed by atoms with Crippen LogP contribution in [0.5, 0.6) is 0 Å². The first-order valence-electron chi connectivity index (χ1n) is 12.3. The molecule has 0 saturated heterocycles. The molecule has 40 heavy (non-hydrogen) atoms. The van der Waals surface area contributed by atoms with Gasteiger partial charge in [0.2, 0.25) is 5.60 Å². The molecule has 1 N–H and O–H groups in total. The third kappa shape index (κ3) is 7.35. The normalized spacial score (nSPS) is 11.6. The first kappa shape index (κ1) is 30.6. The van der Waals surface area contributed by atoms with Crippen molar-refractivity contribution in [3.05, 3.63) is 132 Å². The summed E-state index contributed by atoms with van der Waals surface area (Å²) >= 11 is 0. The van der Waals surface area contributed by atoms with Crippen LogP contribution in [0.3, 0.4) is 0 Å². The summed E-state index contributed by atoms with van der Waals surface area (Å²) in [6.07, 6.45) is -0.730. The third-order valence-electron chi connectivity index (χ3n) is 5.63. The Hall–Kier alpha value is -3.98. The summed E-state index contributed by atoms with van der Waals surface area (Å²) in [6, 6.07) is 32.7. The summed E-state index contributed by atoms with van der Waals surface area (Å²) in [7, 11) is 0. The molecule has 4 aromatic rings. The van der Waals surface area contributed by atoms with Crippen molar-refractivity contribution >= 4 is 23.6 Å². The number of rotatable bonds is 8. The molecular weight excluding hydrogens is 517 g/mol. The molecule has 0 fully saturated rings. The standard InChI is InChI=1S/C31H29N3O5.Na/c1-30(2,3)38-29(37)33-26-21-13-20-25(32-26)27(28(35)36)34-39-31(22-14-7-4-8-15-22,23-16-9-5-10-17-23)24-18-11-6-12-19-24;/h4-21H,1-3H3,(H,35,36)(H,32,33,37);/q;+1/p-1. The first-order chi connectivity index (χ1) is 18.7. The number of hydrogen-bond acceptors (Lipinski definition) is 7. The third-order valence-corrected chi connectivity index (χ3v) is 5.63. The van der Waals surface area contributed by atoms with Gasteiger partial charge in [0, 0.05) is 16.7 Å². The molecule has 0 atom stereocenters. The van der Waals surface area contributed by atoms with E-state index in [1.54, 1.807) is 20.8 Å². The van der Waals surface area contributed by atoms with Crippen LogP contribution in [0.25, 0.3) is 0 Å². The van der Waals surface area contributed by atoms with Crippen molar-refractivity contribution in [1.29, 1.82) is 0 Å². The van der Waals surface area contributed by atoms with Crippen molar-refractivity contribution < 1.29 is 53.8 Å². The van der Waals surface area contributed by atoms with Gasteiger partial charge in [0.1, 0.15) is 11.4 Å². The van der Waals surface area contributed by atoms with Crippen LogP contribution in [0, 0.1) is 0 Å². The topological polar surface area (TPSA) is 113 Å². The Morgan fingerprint density at radius 1 is 0.750 bits per heavy atom. The second-order valence-corrected chi connectivity index (χ2v) is 9.63. The molecule has 1 amide bonds.